The van der Waals surface area contributed by atoms with Crippen molar-refractivity contribution < 1.29 is 25.8 Å². The van der Waals surface area contributed by atoms with Crippen molar-refractivity contribution in [3.05, 3.63) is 73.5 Å². The number of rotatable bonds is 0. The van der Waals surface area contributed by atoms with Crippen LogP contribution in [0.15, 0.2) is 36.4 Å². The zero-order valence-electron chi connectivity index (χ0n) is 12.0. The van der Waals surface area contributed by atoms with Gasteiger partial charge in [-0.3, -0.25) is 0 Å². The molecule has 0 saturated heterocycles. The average molecular weight is 395 g/mol. The summed E-state index contributed by atoms with van der Waals surface area (Å²) in [5.41, 5.74) is 5.56. The van der Waals surface area contributed by atoms with Crippen molar-refractivity contribution in [1.82, 2.24) is 0 Å². The monoisotopic (exact) mass is 396 g/mol. The molecule has 0 fully saturated rings. The molecular weight excluding hydrogens is 371 g/mol. The summed E-state index contributed by atoms with van der Waals surface area (Å²) >= 11 is 0. The van der Waals surface area contributed by atoms with Crippen LogP contribution in [-0.4, -0.2) is 0 Å². The minimum Gasteiger partial charge on any atom is -0.358 e. The van der Waals surface area contributed by atoms with E-state index >= 15 is 0 Å². The second-order valence-electron chi connectivity index (χ2n) is 3.78. The maximum Gasteiger partial charge on any atom is 4.00 e. The van der Waals surface area contributed by atoms with Crippen LogP contribution < -0.4 is 0 Å². The number of hydrogen-bond donors (Lipinski definition) is 0. The van der Waals surface area contributed by atoms with E-state index in [9.17, 15) is 0 Å². The zero-order valence-corrected chi connectivity index (χ0v) is 15.6. The minimum absolute atomic E-state index is 0. The fraction of sp³-hybridized carbons (Fsp3) is 0.250. The Hall–Kier alpha value is -0.430. The Morgan fingerprint density at radius 1 is 0.706 bits per heavy atom. The molecule has 0 saturated carbocycles. The standard InChI is InChI=1S/2C7H9.2CH3.Hf/c2*1-6-4-3-5-7(6)2;;;/h2*3-5H,1-2H3;2*1H3;/q4*-1;+4. The Bertz CT molecular complexity index is 308. The van der Waals surface area contributed by atoms with Crippen LogP contribution >= 0.6 is 0 Å². The average Bonchev–Trinajstić information content (AvgIpc) is 2.67. The molecule has 17 heavy (non-hydrogen) atoms. The van der Waals surface area contributed by atoms with Crippen molar-refractivity contribution in [2.45, 2.75) is 27.7 Å². The molecule has 0 heterocycles. The summed E-state index contributed by atoms with van der Waals surface area (Å²) in [6.45, 7) is 8.48. The van der Waals surface area contributed by atoms with E-state index in [0.717, 1.165) is 0 Å². The van der Waals surface area contributed by atoms with Crippen molar-refractivity contribution in [3.63, 3.8) is 0 Å². The van der Waals surface area contributed by atoms with Crippen molar-refractivity contribution in [2.24, 2.45) is 0 Å². The second-order valence-corrected chi connectivity index (χ2v) is 3.78. The van der Waals surface area contributed by atoms with Crippen molar-refractivity contribution in [2.75, 3.05) is 0 Å². The Kier molecular flexibility index (Phi) is 13.7. The second kappa shape index (κ2) is 10.7. The zero-order chi connectivity index (χ0) is 10.6. The van der Waals surface area contributed by atoms with E-state index in [1.807, 2.05) is 0 Å². The van der Waals surface area contributed by atoms with E-state index in [4.69, 9.17) is 0 Å². The molecule has 1 heteroatoms. The Balaban J connectivity index is -0.000000196. The Morgan fingerprint density at radius 2 is 1.00 bits per heavy atom. The summed E-state index contributed by atoms with van der Waals surface area (Å²) in [6.07, 6.45) is 0. The molecular formula is C16H24Hf. The predicted molar refractivity (Wildman–Crippen MR) is 75.8 cm³/mol. The van der Waals surface area contributed by atoms with E-state index < -0.39 is 0 Å². The first-order valence-corrected chi connectivity index (χ1v) is 4.99. The van der Waals surface area contributed by atoms with Gasteiger partial charge >= 0.3 is 25.8 Å². The van der Waals surface area contributed by atoms with Gasteiger partial charge in [0.2, 0.25) is 0 Å². The molecule has 0 aliphatic heterocycles. The van der Waals surface area contributed by atoms with Crippen LogP contribution in [0.4, 0.5) is 0 Å². The summed E-state index contributed by atoms with van der Waals surface area (Å²) in [4.78, 5) is 0. The Labute approximate surface area is 127 Å². The van der Waals surface area contributed by atoms with Gasteiger partial charge in [0.05, 0.1) is 0 Å². The summed E-state index contributed by atoms with van der Waals surface area (Å²) in [5.74, 6) is 0. The maximum atomic E-state index is 2.12. The molecule has 0 N–H and O–H groups in total. The molecule has 0 aliphatic carbocycles. The summed E-state index contributed by atoms with van der Waals surface area (Å²) < 4.78 is 0. The van der Waals surface area contributed by atoms with Crippen LogP contribution in [-0.2, 0) is 25.8 Å². The largest absolute Gasteiger partial charge is 4.00 e. The predicted octanol–water partition coefficient (Wildman–Crippen LogP) is 4.94. The summed E-state index contributed by atoms with van der Waals surface area (Å²) in [5, 5.41) is 0. The topological polar surface area (TPSA) is 0 Å². The van der Waals surface area contributed by atoms with E-state index in [0.29, 0.717) is 0 Å². The quantitative estimate of drug-likeness (QED) is 0.438. The van der Waals surface area contributed by atoms with Gasteiger partial charge in [0.15, 0.2) is 0 Å². The van der Waals surface area contributed by atoms with Gasteiger partial charge in [-0.1, -0.05) is 27.7 Å². The van der Waals surface area contributed by atoms with Crippen LogP contribution in [0.2, 0.25) is 0 Å². The van der Waals surface area contributed by atoms with Gasteiger partial charge in [-0.15, -0.1) is 0 Å². The van der Waals surface area contributed by atoms with E-state index in [-0.39, 0.29) is 40.7 Å². The van der Waals surface area contributed by atoms with Gasteiger partial charge in [-0.25, -0.2) is 12.1 Å². The van der Waals surface area contributed by atoms with Crippen LogP contribution in [0.3, 0.4) is 0 Å². The van der Waals surface area contributed by atoms with Gasteiger partial charge in [-0.05, 0) is 0 Å². The molecule has 0 atom stereocenters. The van der Waals surface area contributed by atoms with Crippen LogP contribution in [0.25, 0.3) is 0 Å². The molecule has 0 nitrogen and oxygen atoms in total. The molecule has 0 amide bonds. The normalized spacial score (nSPS) is 7.76. The van der Waals surface area contributed by atoms with Gasteiger partial charge in [0.1, 0.15) is 0 Å². The fourth-order valence-electron chi connectivity index (χ4n) is 1.20. The molecule has 0 spiro atoms. The van der Waals surface area contributed by atoms with Crippen LogP contribution in [0.1, 0.15) is 22.3 Å². The van der Waals surface area contributed by atoms with Gasteiger partial charge in [0, 0.05) is 0 Å². The Morgan fingerprint density at radius 3 is 1.06 bits per heavy atom. The molecule has 0 radical (unpaired) electrons. The van der Waals surface area contributed by atoms with E-state index in [2.05, 4.69) is 64.1 Å². The smallest absolute Gasteiger partial charge is 0.358 e. The third-order valence-electron chi connectivity index (χ3n) is 2.63. The number of aryl methyl sites for hydroxylation is 4. The minimum atomic E-state index is 0. The van der Waals surface area contributed by atoms with Crippen molar-refractivity contribution >= 4 is 0 Å². The molecule has 0 aliphatic rings. The SMILES string of the molecule is Cc1cc[cH-]c1C.Cc1cc[cH-]c1C.[CH3-].[CH3-].[Hf+4]. The maximum absolute atomic E-state index is 2.12. The molecule has 0 bridgehead atoms. The third-order valence-corrected chi connectivity index (χ3v) is 2.63. The fourth-order valence-corrected chi connectivity index (χ4v) is 1.20. The van der Waals surface area contributed by atoms with Crippen LogP contribution in [0.5, 0.6) is 0 Å². The molecule has 92 valence electrons. The van der Waals surface area contributed by atoms with E-state index in [1.165, 1.54) is 22.3 Å². The first-order valence-electron chi connectivity index (χ1n) is 4.99. The summed E-state index contributed by atoms with van der Waals surface area (Å²) in [6, 6.07) is 12.6. The third kappa shape index (κ3) is 7.49. The van der Waals surface area contributed by atoms with Gasteiger partial charge in [0.25, 0.3) is 0 Å². The van der Waals surface area contributed by atoms with Gasteiger partial charge in [-0.2, -0.15) is 46.5 Å². The number of hydrogen-bond acceptors (Lipinski definition) is 0. The molecule has 2 aromatic rings. The summed E-state index contributed by atoms with van der Waals surface area (Å²) in [7, 11) is 0. The molecule has 0 aromatic heterocycles. The first-order chi connectivity index (χ1) is 6.61. The van der Waals surface area contributed by atoms with Gasteiger partial charge < -0.3 is 14.9 Å². The first kappa shape index (κ1) is 21.8. The molecule has 2 rings (SSSR count). The van der Waals surface area contributed by atoms with Crippen LogP contribution in [0, 0.1) is 42.5 Å². The van der Waals surface area contributed by atoms with E-state index in [1.54, 1.807) is 0 Å². The molecule has 2 aromatic carbocycles. The van der Waals surface area contributed by atoms with Crippen molar-refractivity contribution in [3.8, 4) is 0 Å². The van der Waals surface area contributed by atoms with Crippen molar-refractivity contribution in [1.29, 1.82) is 0 Å². The molecule has 0 unspecified atom stereocenters.